The first-order chi connectivity index (χ1) is 15.5. The molecule has 0 aromatic heterocycles. The molecule has 2 unspecified atom stereocenters. The Morgan fingerprint density at radius 1 is 0.970 bits per heavy atom. The van der Waals surface area contributed by atoms with Crippen molar-refractivity contribution in [2.24, 2.45) is 0 Å². The van der Waals surface area contributed by atoms with Gasteiger partial charge in [-0.3, -0.25) is 4.90 Å². The third-order valence-electron chi connectivity index (χ3n) is 5.90. The van der Waals surface area contributed by atoms with Crippen molar-refractivity contribution >= 4 is 11.9 Å². The summed E-state index contributed by atoms with van der Waals surface area (Å²) in [6, 6.07) is 15.6. The lowest BCUT2D eigenvalue weighted by molar-refractivity contribution is -0.164. The van der Waals surface area contributed by atoms with E-state index in [4.69, 9.17) is 9.84 Å². The number of aliphatic hydroxyl groups excluding tert-OH is 2. The van der Waals surface area contributed by atoms with Gasteiger partial charge >= 0.3 is 11.9 Å². The molecule has 2 rings (SSSR count). The number of benzene rings is 2. The monoisotopic (exact) mass is 457 g/mol. The van der Waals surface area contributed by atoms with E-state index in [0.29, 0.717) is 6.42 Å². The molecule has 0 radical (unpaired) electrons. The molecular formula is C26H35NO6. The Kier molecular flexibility index (Phi) is 8.77. The molecule has 0 amide bonds. The van der Waals surface area contributed by atoms with Crippen LogP contribution in [0.1, 0.15) is 57.7 Å². The van der Waals surface area contributed by atoms with E-state index in [1.54, 1.807) is 12.1 Å². The number of aliphatic hydroxyl groups is 2. The molecule has 3 atom stereocenters. The van der Waals surface area contributed by atoms with Crippen molar-refractivity contribution in [3.05, 3.63) is 65.2 Å². The smallest absolute Gasteiger partial charge is 0.343 e. The maximum atomic E-state index is 12.6. The third-order valence-corrected chi connectivity index (χ3v) is 5.90. The van der Waals surface area contributed by atoms with Gasteiger partial charge in [0.05, 0.1) is 5.54 Å². The van der Waals surface area contributed by atoms with Gasteiger partial charge in [-0.2, -0.15) is 0 Å². The number of carboxylic acid groups (broad SMARTS) is 1. The normalized spacial score (nSPS) is 15.4. The van der Waals surface area contributed by atoms with E-state index in [1.807, 2.05) is 43.3 Å². The lowest BCUT2D eigenvalue weighted by Crippen LogP contribution is -2.54. The van der Waals surface area contributed by atoms with Crippen molar-refractivity contribution < 1.29 is 29.6 Å². The maximum Gasteiger partial charge on any atom is 0.343 e. The summed E-state index contributed by atoms with van der Waals surface area (Å²) in [5.74, 6) is -2.73. The van der Waals surface area contributed by atoms with Gasteiger partial charge in [-0.15, -0.1) is 0 Å². The molecule has 2 aromatic rings. The predicted molar refractivity (Wildman–Crippen MR) is 126 cm³/mol. The lowest BCUT2D eigenvalue weighted by atomic mass is 9.76. The Morgan fingerprint density at radius 2 is 1.55 bits per heavy atom. The van der Waals surface area contributed by atoms with Gasteiger partial charge in [0.25, 0.3) is 0 Å². The molecule has 33 heavy (non-hydrogen) atoms. The lowest BCUT2D eigenvalue weighted by Gasteiger charge is -2.49. The molecular weight excluding hydrogens is 422 g/mol. The van der Waals surface area contributed by atoms with Crippen molar-refractivity contribution in [2.45, 2.75) is 77.8 Å². The number of carbonyl (C=O) groups is 2. The zero-order valence-electron chi connectivity index (χ0n) is 20.1. The molecule has 0 saturated carbocycles. The van der Waals surface area contributed by atoms with Crippen molar-refractivity contribution in [2.75, 3.05) is 0 Å². The molecule has 0 aliphatic carbocycles. The first-order valence-electron chi connectivity index (χ1n) is 11.2. The molecule has 0 saturated heterocycles. The summed E-state index contributed by atoms with van der Waals surface area (Å²) < 4.78 is 5.53. The van der Waals surface area contributed by atoms with Crippen LogP contribution >= 0.6 is 0 Å². The Hall–Kier alpha value is -2.74. The van der Waals surface area contributed by atoms with E-state index in [1.165, 1.54) is 0 Å². The number of ether oxygens (including phenoxy) is 1. The molecule has 0 heterocycles. The first kappa shape index (κ1) is 26.5. The van der Waals surface area contributed by atoms with Gasteiger partial charge < -0.3 is 20.1 Å². The summed E-state index contributed by atoms with van der Waals surface area (Å²) in [4.78, 5) is 25.9. The van der Waals surface area contributed by atoms with E-state index in [2.05, 4.69) is 39.5 Å². The molecule has 180 valence electrons. The quantitative estimate of drug-likeness (QED) is 0.370. The largest absolute Gasteiger partial charge is 0.479 e. The van der Waals surface area contributed by atoms with Crippen LogP contribution in [0.4, 0.5) is 0 Å². The molecule has 0 aliphatic rings. The van der Waals surface area contributed by atoms with Crippen LogP contribution in [0.15, 0.2) is 48.5 Å². The second-order valence-corrected chi connectivity index (χ2v) is 8.82. The average Bonchev–Trinajstić information content (AvgIpc) is 2.77. The number of rotatable bonds is 10. The number of carboxylic acids is 1. The van der Waals surface area contributed by atoms with E-state index >= 15 is 0 Å². The summed E-state index contributed by atoms with van der Waals surface area (Å²) in [5, 5.41) is 28.6. The summed E-state index contributed by atoms with van der Waals surface area (Å²) in [6.07, 6.45) is -3.84. The number of esters is 1. The van der Waals surface area contributed by atoms with Crippen molar-refractivity contribution in [3.63, 3.8) is 0 Å². The number of aliphatic carboxylic acids is 1. The standard InChI is InChI=1S/C26H35NO6/c1-7-26(19-11-9-8-10-12-19,27(16(2)3)17(4)5)20-15-18(6)13-14-21(20)33-25(32)23(29)22(28)24(30)31/h8-17,22-23,28-29H,7H2,1-6H3,(H,30,31)/t22?,23-,26?/m0/s1. The van der Waals surface area contributed by atoms with Crippen molar-refractivity contribution in [1.29, 1.82) is 0 Å². The minimum absolute atomic E-state index is 0.133. The second kappa shape index (κ2) is 10.9. The van der Waals surface area contributed by atoms with E-state index in [-0.39, 0.29) is 17.8 Å². The maximum absolute atomic E-state index is 12.6. The first-order valence-corrected chi connectivity index (χ1v) is 11.2. The second-order valence-electron chi connectivity index (χ2n) is 8.82. The minimum Gasteiger partial charge on any atom is -0.479 e. The molecule has 0 fully saturated rings. The fourth-order valence-electron chi connectivity index (χ4n) is 4.70. The van der Waals surface area contributed by atoms with Crippen molar-refractivity contribution in [1.82, 2.24) is 4.90 Å². The van der Waals surface area contributed by atoms with Gasteiger partial charge in [0.2, 0.25) is 0 Å². The molecule has 0 bridgehead atoms. The summed E-state index contributed by atoms with van der Waals surface area (Å²) in [7, 11) is 0. The van der Waals surface area contributed by atoms with Gasteiger partial charge in [-0.05, 0) is 52.7 Å². The van der Waals surface area contributed by atoms with Crippen LogP contribution in [-0.4, -0.2) is 56.4 Å². The SMILES string of the molecule is CCC(c1ccccc1)(c1cc(C)ccc1OC(=O)[C@@H](O)C(O)C(=O)O)N(C(C)C)C(C)C. The average molecular weight is 458 g/mol. The van der Waals surface area contributed by atoms with Crippen molar-refractivity contribution in [3.8, 4) is 5.75 Å². The van der Waals surface area contributed by atoms with Crippen LogP contribution in [0.2, 0.25) is 0 Å². The number of hydrogen-bond donors (Lipinski definition) is 3. The van der Waals surface area contributed by atoms with Crippen LogP contribution in [0.5, 0.6) is 5.75 Å². The summed E-state index contributed by atoms with van der Waals surface area (Å²) >= 11 is 0. The Balaban J connectivity index is 2.76. The molecule has 7 heteroatoms. The van der Waals surface area contributed by atoms with Gasteiger partial charge in [-0.25, -0.2) is 9.59 Å². The molecule has 7 nitrogen and oxygen atoms in total. The van der Waals surface area contributed by atoms with Crippen LogP contribution < -0.4 is 4.74 Å². The highest BCUT2D eigenvalue weighted by atomic mass is 16.6. The molecule has 2 aromatic carbocycles. The molecule has 0 aliphatic heterocycles. The van der Waals surface area contributed by atoms with Crippen LogP contribution in [0.25, 0.3) is 0 Å². The number of aryl methyl sites for hydroxylation is 1. The number of nitrogens with zero attached hydrogens (tertiary/aromatic N) is 1. The fourth-order valence-corrected chi connectivity index (χ4v) is 4.70. The zero-order valence-corrected chi connectivity index (χ0v) is 20.1. The fraction of sp³-hybridized carbons (Fsp3) is 0.462. The molecule has 0 spiro atoms. The summed E-state index contributed by atoms with van der Waals surface area (Å²) in [5.41, 5.74) is 2.02. The number of carbonyl (C=O) groups excluding carboxylic acids is 1. The topological polar surface area (TPSA) is 107 Å². The van der Waals surface area contributed by atoms with Crippen LogP contribution in [0.3, 0.4) is 0 Å². The highest BCUT2D eigenvalue weighted by Crippen LogP contribution is 2.46. The highest BCUT2D eigenvalue weighted by molar-refractivity contribution is 5.85. The van der Waals surface area contributed by atoms with E-state index in [0.717, 1.165) is 16.7 Å². The number of hydrogen-bond acceptors (Lipinski definition) is 6. The minimum atomic E-state index is -2.28. The zero-order chi connectivity index (χ0) is 24.9. The van der Waals surface area contributed by atoms with Gasteiger partial charge in [0.1, 0.15) is 5.75 Å². The van der Waals surface area contributed by atoms with Gasteiger partial charge in [-0.1, -0.05) is 55.0 Å². The highest BCUT2D eigenvalue weighted by Gasteiger charge is 2.44. The Labute approximate surface area is 195 Å². The van der Waals surface area contributed by atoms with Gasteiger partial charge in [0, 0.05) is 17.6 Å². The molecule has 3 N–H and O–H groups in total. The van der Waals surface area contributed by atoms with E-state index in [9.17, 15) is 19.8 Å². The van der Waals surface area contributed by atoms with Gasteiger partial charge in [0.15, 0.2) is 12.2 Å². The van der Waals surface area contributed by atoms with Crippen LogP contribution in [0, 0.1) is 6.92 Å². The Bertz CT molecular complexity index is 951. The Morgan fingerprint density at radius 3 is 2.03 bits per heavy atom. The summed E-state index contributed by atoms with van der Waals surface area (Å²) in [6.45, 7) is 12.5. The third kappa shape index (κ3) is 5.43. The van der Waals surface area contributed by atoms with E-state index < -0.39 is 29.7 Å². The van der Waals surface area contributed by atoms with Crippen LogP contribution in [-0.2, 0) is 15.1 Å². The predicted octanol–water partition coefficient (Wildman–Crippen LogP) is 3.48.